The number of hydrogen-bond acceptors (Lipinski definition) is 5. The molecule has 0 aromatic carbocycles. The molecule has 0 amide bonds. The molecule has 0 radical (unpaired) electrons. The predicted molar refractivity (Wildman–Crippen MR) is 61.7 cm³/mol. The first kappa shape index (κ1) is 12.5. The highest BCUT2D eigenvalue weighted by Gasteiger charge is 2.12. The third-order valence-electron chi connectivity index (χ3n) is 1.86. The van der Waals surface area contributed by atoms with Crippen LogP contribution in [0.5, 0.6) is 0 Å². The van der Waals surface area contributed by atoms with E-state index < -0.39 is 9.84 Å². The number of sulfone groups is 1. The molecular formula is C10H13N3O2S. The fraction of sp³-hybridized carbons (Fsp3) is 0.400. The van der Waals surface area contributed by atoms with Crippen LogP contribution in [0, 0.1) is 11.3 Å². The maximum Gasteiger partial charge on any atom is 0.149 e. The molecule has 0 fully saturated rings. The predicted octanol–water partition coefficient (Wildman–Crippen LogP) is 0.798. The van der Waals surface area contributed by atoms with Crippen LogP contribution in [0.4, 0.5) is 5.82 Å². The Morgan fingerprint density at radius 2 is 2.31 bits per heavy atom. The second kappa shape index (κ2) is 4.94. The highest BCUT2D eigenvalue weighted by atomic mass is 32.2. The molecule has 1 N–H and O–H groups in total. The van der Waals surface area contributed by atoms with Crippen molar-refractivity contribution in [3.63, 3.8) is 0 Å². The van der Waals surface area contributed by atoms with Gasteiger partial charge in [-0.2, -0.15) is 5.26 Å². The minimum atomic E-state index is -3.04. The molecule has 0 saturated heterocycles. The van der Waals surface area contributed by atoms with Crippen molar-refractivity contribution >= 4 is 15.7 Å². The molecular weight excluding hydrogens is 226 g/mol. The van der Waals surface area contributed by atoms with Gasteiger partial charge in [0.15, 0.2) is 0 Å². The number of nitrogens with one attached hydrogen (secondary N) is 1. The molecule has 1 unspecified atom stereocenters. The number of pyridine rings is 1. The molecule has 1 aromatic heterocycles. The molecule has 16 heavy (non-hydrogen) atoms. The lowest BCUT2D eigenvalue weighted by atomic mass is 10.2. The lowest BCUT2D eigenvalue weighted by Gasteiger charge is -2.13. The van der Waals surface area contributed by atoms with Crippen LogP contribution in [-0.4, -0.2) is 31.5 Å². The van der Waals surface area contributed by atoms with Gasteiger partial charge in [-0.25, -0.2) is 13.4 Å². The SMILES string of the molecule is CC(CS(C)(=O)=O)Nc1ncccc1C#N. The van der Waals surface area contributed by atoms with E-state index in [1.54, 1.807) is 25.3 Å². The van der Waals surface area contributed by atoms with Gasteiger partial charge in [-0.15, -0.1) is 0 Å². The summed E-state index contributed by atoms with van der Waals surface area (Å²) in [6, 6.07) is 4.99. The summed E-state index contributed by atoms with van der Waals surface area (Å²) in [6.07, 6.45) is 2.73. The minimum Gasteiger partial charge on any atom is -0.366 e. The Labute approximate surface area is 95.0 Å². The lowest BCUT2D eigenvalue weighted by molar-refractivity contribution is 0.598. The summed E-state index contributed by atoms with van der Waals surface area (Å²) in [4.78, 5) is 3.99. The normalized spacial score (nSPS) is 12.8. The van der Waals surface area contributed by atoms with Crippen molar-refractivity contribution in [3.8, 4) is 6.07 Å². The van der Waals surface area contributed by atoms with Gasteiger partial charge in [0.1, 0.15) is 21.7 Å². The Hall–Kier alpha value is -1.61. The number of nitriles is 1. The van der Waals surface area contributed by atoms with Crippen LogP contribution in [0.2, 0.25) is 0 Å². The average Bonchev–Trinajstić information content (AvgIpc) is 2.15. The first-order chi connectivity index (χ1) is 7.42. The fourth-order valence-electron chi connectivity index (χ4n) is 1.34. The van der Waals surface area contributed by atoms with E-state index in [1.165, 1.54) is 6.26 Å². The zero-order valence-electron chi connectivity index (χ0n) is 9.14. The zero-order chi connectivity index (χ0) is 12.2. The third-order valence-corrected chi connectivity index (χ3v) is 2.97. The molecule has 0 saturated carbocycles. The Bertz CT molecular complexity index is 505. The van der Waals surface area contributed by atoms with Crippen molar-refractivity contribution in [1.82, 2.24) is 4.98 Å². The van der Waals surface area contributed by atoms with Gasteiger partial charge >= 0.3 is 0 Å². The molecule has 86 valence electrons. The van der Waals surface area contributed by atoms with E-state index >= 15 is 0 Å². The summed E-state index contributed by atoms with van der Waals surface area (Å²) in [5.74, 6) is 0.426. The average molecular weight is 239 g/mol. The van der Waals surface area contributed by atoms with Crippen LogP contribution < -0.4 is 5.32 Å². The first-order valence-electron chi connectivity index (χ1n) is 4.72. The van der Waals surface area contributed by atoms with Crippen LogP contribution >= 0.6 is 0 Å². The molecule has 1 aromatic rings. The van der Waals surface area contributed by atoms with Gasteiger partial charge in [0.2, 0.25) is 0 Å². The van der Waals surface area contributed by atoms with Crippen LogP contribution in [0.25, 0.3) is 0 Å². The van der Waals surface area contributed by atoms with Crippen LogP contribution in [0.15, 0.2) is 18.3 Å². The van der Waals surface area contributed by atoms with E-state index in [9.17, 15) is 8.42 Å². The van der Waals surface area contributed by atoms with Crippen molar-refractivity contribution in [2.75, 3.05) is 17.3 Å². The maximum absolute atomic E-state index is 11.1. The van der Waals surface area contributed by atoms with E-state index in [0.717, 1.165) is 0 Å². The number of rotatable bonds is 4. The maximum atomic E-state index is 11.1. The summed E-state index contributed by atoms with van der Waals surface area (Å²) in [5, 5.41) is 11.7. The number of nitrogens with zero attached hydrogens (tertiary/aromatic N) is 2. The van der Waals surface area contributed by atoms with E-state index in [-0.39, 0.29) is 11.8 Å². The third kappa shape index (κ3) is 3.87. The second-order valence-electron chi connectivity index (χ2n) is 3.65. The van der Waals surface area contributed by atoms with Crippen molar-refractivity contribution < 1.29 is 8.42 Å². The molecule has 0 spiro atoms. The Morgan fingerprint density at radius 3 is 2.88 bits per heavy atom. The van der Waals surface area contributed by atoms with Gasteiger partial charge in [-0.3, -0.25) is 0 Å². The van der Waals surface area contributed by atoms with E-state index in [1.807, 2.05) is 6.07 Å². The summed E-state index contributed by atoms with van der Waals surface area (Å²) < 4.78 is 22.1. The molecule has 0 bridgehead atoms. The Balaban J connectivity index is 2.78. The highest BCUT2D eigenvalue weighted by Crippen LogP contribution is 2.11. The van der Waals surface area contributed by atoms with Crippen LogP contribution in [0.3, 0.4) is 0 Å². The van der Waals surface area contributed by atoms with Crippen LogP contribution in [-0.2, 0) is 9.84 Å². The molecule has 1 atom stereocenters. The number of anilines is 1. The number of aromatic nitrogens is 1. The molecule has 0 aliphatic carbocycles. The van der Waals surface area contributed by atoms with Crippen molar-refractivity contribution in [2.45, 2.75) is 13.0 Å². The minimum absolute atomic E-state index is 0.00838. The molecule has 1 rings (SSSR count). The molecule has 0 aliphatic rings. The number of hydrogen-bond donors (Lipinski definition) is 1. The summed E-state index contributed by atoms with van der Waals surface area (Å²) in [6.45, 7) is 1.73. The fourth-order valence-corrected chi connectivity index (χ4v) is 2.33. The molecule has 0 aliphatic heterocycles. The van der Waals surface area contributed by atoms with Crippen LogP contribution in [0.1, 0.15) is 12.5 Å². The summed E-state index contributed by atoms with van der Waals surface area (Å²) in [7, 11) is -3.04. The van der Waals surface area contributed by atoms with Gasteiger partial charge in [-0.05, 0) is 19.1 Å². The summed E-state index contributed by atoms with van der Waals surface area (Å²) in [5.41, 5.74) is 0.405. The topological polar surface area (TPSA) is 82.8 Å². The van der Waals surface area contributed by atoms with E-state index in [2.05, 4.69) is 10.3 Å². The van der Waals surface area contributed by atoms with Gasteiger partial charge in [0.05, 0.1) is 11.3 Å². The van der Waals surface area contributed by atoms with Crippen molar-refractivity contribution in [3.05, 3.63) is 23.9 Å². The van der Waals surface area contributed by atoms with Gasteiger partial charge < -0.3 is 5.32 Å². The standard InChI is InChI=1S/C10H13N3O2S/c1-8(7-16(2,14)15)13-10-9(6-11)4-3-5-12-10/h3-5,8H,7H2,1-2H3,(H,12,13). The zero-order valence-corrected chi connectivity index (χ0v) is 9.95. The highest BCUT2D eigenvalue weighted by molar-refractivity contribution is 7.90. The van der Waals surface area contributed by atoms with E-state index in [4.69, 9.17) is 5.26 Å². The van der Waals surface area contributed by atoms with Gasteiger partial charge in [-0.1, -0.05) is 0 Å². The molecule has 5 nitrogen and oxygen atoms in total. The Kier molecular flexibility index (Phi) is 3.85. The van der Waals surface area contributed by atoms with Crippen molar-refractivity contribution in [1.29, 1.82) is 5.26 Å². The van der Waals surface area contributed by atoms with Gasteiger partial charge in [0.25, 0.3) is 0 Å². The van der Waals surface area contributed by atoms with E-state index in [0.29, 0.717) is 11.4 Å². The monoisotopic (exact) mass is 239 g/mol. The smallest absolute Gasteiger partial charge is 0.149 e. The van der Waals surface area contributed by atoms with Crippen molar-refractivity contribution in [2.24, 2.45) is 0 Å². The van der Waals surface area contributed by atoms with Gasteiger partial charge in [0, 0.05) is 18.5 Å². The lowest BCUT2D eigenvalue weighted by Crippen LogP contribution is -2.25. The molecule has 1 heterocycles. The second-order valence-corrected chi connectivity index (χ2v) is 5.83. The Morgan fingerprint density at radius 1 is 1.62 bits per heavy atom. The quantitative estimate of drug-likeness (QED) is 0.840. The molecule has 6 heteroatoms. The summed E-state index contributed by atoms with van der Waals surface area (Å²) >= 11 is 0. The largest absolute Gasteiger partial charge is 0.366 e. The first-order valence-corrected chi connectivity index (χ1v) is 6.78.